The van der Waals surface area contributed by atoms with Crippen LogP contribution < -0.4 is 4.74 Å². The van der Waals surface area contributed by atoms with Crippen LogP contribution in [0.4, 0.5) is 0 Å². The Kier molecular flexibility index (Phi) is 8.64. The maximum atomic E-state index is 5.48. The van der Waals surface area contributed by atoms with Crippen molar-refractivity contribution in [1.82, 2.24) is 0 Å². The van der Waals surface area contributed by atoms with Gasteiger partial charge in [0, 0.05) is 19.1 Å². The van der Waals surface area contributed by atoms with E-state index in [9.17, 15) is 0 Å². The number of fused-ring (bicyclic) bond motifs is 1. The molecule has 0 bridgehead atoms. The summed E-state index contributed by atoms with van der Waals surface area (Å²) < 4.78 is 10.8. The van der Waals surface area contributed by atoms with Crippen molar-refractivity contribution in [1.29, 1.82) is 0 Å². The molecule has 92 valence electrons. The van der Waals surface area contributed by atoms with Gasteiger partial charge in [0.1, 0.15) is 5.75 Å². The van der Waals surface area contributed by atoms with Crippen molar-refractivity contribution < 1.29 is 9.47 Å². The Morgan fingerprint density at radius 1 is 1.12 bits per heavy atom. The summed E-state index contributed by atoms with van der Waals surface area (Å²) >= 11 is 0. The Balaban J connectivity index is 0.000000509. The highest BCUT2D eigenvalue weighted by Gasteiger charge is 2.19. The van der Waals surface area contributed by atoms with E-state index in [1.807, 2.05) is 45.9 Å². The van der Waals surface area contributed by atoms with E-state index < -0.39 is 0 Å². The van der Waals surface area contributed by atoms with Gasteiger partial charge in [-0.3, -0.25) is 0 Å². The second kappa shape index (κ2) is 9.22. The first-order chi connectivity index (χ1) is 7.92. The van der Waals surface area contributed by atoms with Crippen LogP contribution in [0.25, 0.3) is 0 Å². The van der Waals surface area contributed by atoms with Crippen LogP contribution in [0.1, 0.15) is 45.8 Å². The minimum Gasteiger partial charge on any atom is -0.493 e. The van der Waals surface area contributed by atoms with Crippen LogP contribution in [0, 0.1) is 0 Å². The molecule has 0 N–H and O–H groups in total. The van der Waals surface area contributed by atoms with Crippen molar-refractivity contribution in [3.63, 3.8) is 0 Å². The van der Waals surface area contributed by atoms with E-state index in [-0.39, 0.29) is 6.10 Å². The average molecular weight is 224 g/mol. The largest absolute Gasteiger partial charge is 0.493 e. The van der Waals surface area contributed by atoms with Crippen LogP contribution in [0.2, 0.25) is 0 Å². The molecule has 0 saturated heterocycles. The maximum Gasteiger partial charge on any atom is 0.125 e. The molecule has 16 heavy (non-hydrogen) atoms. The molecule has 1 aliphatic heterocycles. The molecule has 0 fully saturated rings. The number of ether oxygens (including phenoxy) is 2. The lowest BCUT2D eigenvalue weighted by molar-refractivity contribution is 0.0636. The van der Waals surface area contributed by atoms with Crippen LogP contribution >= 0.6 is 0 Å². The molecule has 1 aromatic carbocycles. The normalized spacial score (nSPS) is 16.7. The van der Waals surface area contributed by atoms with E-state index in [4.69, 9.17) is 9.47 Å². The number of hydrogen-bond donors (Lipinski definition) is 0. The van der Waals surface area contributed by atoms with E-state index in [0.29, 0.717) is 0 Å². The van der Waals surface area contributed by atoms with Gasteiger partial charge < -0.3 is 9.47 Å². The van der Waals surface area contributed by atoms with Crippen molar-refractivity contribution in [3.8, 4) is 5.75 Å². The van der Waals surface area contributed by atoms with E-state index >= 15 is 0 Å². The predicted molar refractivity (Wildman–Crippen MR) is 69.0 cm³/mol. The number of methoxy groups -OCH3 is 1. The molecule has 0 saturated carbocycles. The van der Waals surface area contributed by atoms with Gasteiger partial charge in [0.25, 0.3) is 0 Å². The van der Waals surface area contributed by atoms with E-state index in [1.54, 1.807) is 7.11 Å². The first-order valence-corrected chi connectivity index (χ1v) is 6.16. The van der Waals surface area contributed by atoms with E-state index in [2.05, 4.69) is 6.07 Å². The van der Waals surface area contributed by atoms with E-state index in [1.165, 1.54) is 5.56 Å². The highest BCUT2D eigenvalue weighted by molar-refractivity contribution is 5.36. The third-order valence-corrected chi connectivity index (χ3v) is 2.19. The Morgan fingerprint density at radius 2 is 1.75 bits per heavy atom. The van der Waals surface area contributed by atoms with Crippen LogP contribution in [-0.4, -0.2) is 13.7 Å². The lowest BCUT2D eigenvalue weighted by Crippen LogP contribution is -2.15. The zero-order valence-electron chi connectivity index (χ0n) is 11.1. The molecular weight excluding hydrogens is 200 g/mol. The molecule has 2 heteroatoms. The zero-order chi connectivity index (χ0) is 12.4. The SMILES string of the molecule is CC.CC.COC1CCOc2ccccc21. The quantitative estimate of drug-likeness (QED) is 0.711. The van der Waals surface area contributed by atoms with Crippen LogP contribution in [0.5, 0.6) is 5.75 Å². The molecule has 0 radical (unpaired) electrons. The van der Waals surface area contributed by atoms with Crippen molar-refractivity contribution in [2.24, 2.45) is 0 Å². The number of rotatable bonds is 1. The van der Waals surface area contributed by atoms with Crippen LogP contribution in [0.3, 0.4) is 0 Å². The van der Waals surface area contributed by atoms with Gasteiger partial charge in [0.2, 0.25) is 0 Å². The molecule has 1 unspecified atom stereocenters. The smallest absolute Gasteiger partial charge is 0.125 e. The van der Waals surface area contributed by atoms with Gasteiger partial charge in [-0.1, -0.05) is 45.9 Å². The summed E-state index contributed by atoms with van der Waals surface area (Å²) in [6.07, 6.45) is 1.17. The van der Waals surface area contributed by atoms with Gasteiger partial charge in [-0.2, -0.15) is 0 Å². The molecular formula is C14H24O2. The van der Waals surface area contributed by atoms with Gasteiger partial charge in [0.15, 0.2) is 0 Å². The third kappa shape index (κ3) is 3.86. The van der Waals surface area contributed by atoms with Gasteiger partial charge in [-0.25, -0.2) is 0 Å². The number of hydrogen-bond acceptors (Lipinski definition) is 2. The summed E-state index contributed by atoms with van der Waals surface area (Å²) in [6.45, 7) is 8.76. The highest BCUT2D eigenvalue weighted by atomic mass is 16.5. The summed E-state index contributed by atoms with van der Waals surface area (Å²) in [7, 11) is 1.74. The fraction of sp³-hybridized carbons (Fsp3) is 0.571. The Morgan fingerprint density at radius 3 is 2.38 bits per heavy atom. The summed E-state index contributed by atoms with van der Waals surface area (Å²) in [4.78, 5) is 0. The maximum absolute atomic E-state index is 5.48. The van der Waals surface area contributed by atoms with Crippen LogP contribution in [0.15, 0.2) is 24.3 Å². The molecule has 1 heterocycles. The Hall–Kier alpha value is -1.02. The topological polar surface area (TPSA) is 18.5 Å². The lowest BCUT2D eigenvalue weighted by atomic mass is 10.0. The zero-order valence-corrected chi connectivity index (χ0v) is 11.1. The standard InChI is InChI=1S/C10H12O2.2C2H6/c1-11-9-6-7-12-10-5-3-2-4-8(9)10;2*1-2/h2-5,9H,6-7H2,1H3;2*1-2H3. The Bertz CT molecular complexity index is 271. The monoisotopic (exact) mass is 224 g/mol. The summed E-state index contributed by atoms with van der Waals surface area (Å²) in [5, 5.41) is 0. The summed E-state index contributed by atoms with van der Waals surface area (Å²) in [6, 6.07) is 8.04. The average Bonchev–Trinajstić information content (AvgIpc) is 2.42. The molecule has 0 spiro atoms. The first kappa shape index (κ1) is 15.0. The fourth-order valence-corrected chi connectivity index (χ4v) is 1.55. The first-order valence-electron chi connectivity index (χ1n) is 6.16. The number of para-hydroxylation sites is 1. The Labute approximate surface area is 99.6 Å². The lowest BCUT2D eigenvalue weighted by Gasteiger charge is -2.24. The van der Waals surface area contributed by atoms with Crippen molar-refractivity contribution in [2.75, 3.05) is 13.7 Å². The minimum atomic E-state index is 0.218. The fourth-order valence-electron chi connectivity index (χ4n) is 1.55. The highest BCUT2D eigenvalue weighted by Crippen LogP contribution is 2.33. The summed E-state index contributed by atoms with van der Waals surface area (Å²) in [5.74, 6) is 0.968. The predicted octanol–water partition coefficient (Wildman–Crippen LogP) is 4.21. The molecule has 2 nitrogen and oxygen atoms in total. The number of benzene rings is 1. The molecule has 0 aliphatic carbocycles. The molecule has 2 rings (SSSR count). The van der Waals surface area contributed by atoms with Gasteiger partial charge in [0.05, 0.1) is 12.7 Å². The molecule has 0 amide bonds. The van der Waals surface area contributed by atoms with Crippen molar-refractivity contribution in [3.05, 3.63) is 29.8 Å². The van der Waals surface area contributed by atoms with Gasteiger partial charge >= 0.3 is 0 Å². The second-order valence-corrected chi connectivity index (χ2v) is 2.90. The van der Waals surface area contributed by atoms with Crippen molar-refractivity contribution >= 4 is 0 Å². The summed E-state index contributed by atoms with van der Waals surface area (Å²) in [5.41, 5.74) is 1.17. The van der Waals surface area contributed by atoms with Crippen LogP contribution in [-0.2, 0) is 4.74 Å². The van der Waals surface area contributed by atoms with Gasteiger partial charge in [-0.05, 0) is 6.07 Å². The van der Waals surface area contributed by atoms with Crippen molar-refractivity contribution in [2.45, 2.75) is 40.2 Å². The minimum absolute atomic E-state index is 0.218. The molecule has 0 aromatic heterocycles. The molecule has 1 aliphatic rings. The third-order valence-electron chi connectivity index (χ3n) is 2.19. The van der Waals surface area contributed by atoms with Gasteiger partial charge in [-0.15, -0.1) is 0 Å². The van der Waals surface area contributed by atoms with E-state index in [0.717, 1.165) is 18.8 Å². The molecule has 1 aromatic rings. The molecule has 1 atom stereocenters. The second-order valence-electron chi connectivity index (χ2n) is 2.90.